The van der Waals surface area contributed by atoms with Crippen LogP contribution in [0.5, 0.6) is 0 Å². The number of hydrogen-bond donors (Lipinski definition) is 1. The second kappa shape index (κ2) is 4.08. The number of nitrogens with zero attached hydrogens (tertiary/aromatic N) is 3. The molecule has 1 N–H and O–H groups in total. The molecule has 0 aliphatic carbocycles. The van der Waals surface area contributed by atoms with Crippen LogP contribution >= 0.6 is 0 Å². The molecule has 2 rings (SSSR count). The second-order valence-electron chi connectivity index (χ2n) is 3.37. The SMILES string of the molecule is CCc1c(C(=O)N=[N+]=[N-])[nH]c2ccccc12. The van der Waals surface area contributed by atoms with Crippen molar-refractivity contribution in [2.75, 3.05) is 0 Å². The molecule has 0 atom stereocenters. The van der Waals surface area contributed by atoms with Gasteiger partial charge < -0.3 is 4.98 Å². The zero-order valence-corrected chi connectivity index (χ0v) is 8.77. The largest absolute Gasteiger partial charge is 0.352 e. The van der Waals surface area contributed by atoms with Crippen LogP contribution in [0.4, 0.5) is 0 Å². The molecule has 0 spiro atoms. The minimum Gasteiger partial charge on any atom is -0.352 e. The molecule has 1 amide bonds. The monoisotopic (exact) mass is 214 g/mol. The molecule has 0 fully saturated rings. The summed E-state index contributed by atoms with van der Waals surface area (Å²) in [6.45, 7) is 1.96. The summed E-state index contributed by atoms with van der Waals surface area (Å²) in [5.74, 6) is -0.560. The number of carbonyl (C=O) groups is 1. The van der Waals surface area contributed by atoms with Crippen molar-refractivity contribution in [3.05, 3.63) is 46.0 Å². The number of aromatic nitrogens is 1. The number of H-pyrrole nitrogens is 1. The molecule has 0 saturated carbocycles. The van der Waals surface area contributed by atoms with Gasteiger partial charge >= 0.3 is 0 Å². The predicted molar refractivity (Wildman–Crippen MR) is 61.2 cm³/mol. The van der Waals surface area contributed by atoms with Crippen molar-refractivity contribution in [2.24, 2.45) is 5.11 Å². The topological polar surface area (TPSA) is 81.6 Å². The first-order valence-corrected chi connectivity index (χ1v) is 4.97. The third-order valence-corrected chi connectivity index (χ3v) is 2.52. The molecule has 0 unspecified atom stereocenters. The van der Waals surface area contributed by atoms with Gasteiger partial charge in [-0.1, -0.05) is 25.1 Å². The minimum absolute atomic E-state index is 0.390. The first kappa shape index (κ1) is 10.3. The zero-order valence-electron chi connectivity index (χ0n) is 8.77. The number of fused-ring (bicyclic) bond motifs is 1. The van der Waals surface area contributed by atoms with Crippen LogP contribution in [0.15, 0.2) is 29.4 Å². The Labute approximate surface area is 91.7 Å². The van der Waals surface area contributed by atoms with Crippen molar-refractivity contribution in [3.8, 4) is 0 Å². The van der Waals surface area contributed by atoms with Crippen LogP contribution in [0.3, 0.4) is 0 Å². The number of carbonyl (C=O) groups excluding carboxylic acids is 1. The maximum atomic E-state index is 11.5. The van der Waals surface area contributed by atoms with Gasteiger partial charge in [-0.2, -0.15) is 0 Å². The van der Waals surface area contributed by atoms with Crippen LogP contribution in [0.2, 0.25) is 0 Å². The Morgan fingerprint density at radius 2 is 2.25 bits per heavy atom. The Kier molecular flexibility index (Phi) is 2.62. The van der Waals surface area contributed by atoms with Crippen LogP contribution < -0.4 is 0 Å². The van der Waals surface area contributed by atoms with Gasteiger partial charge in [-0.3, -0.25) is 4.79 Å². The number of rotatable bonds is 2. The van der Waals surface area contributed by atoms with Crippen molar-refractivity contribution < 1.29 is 4.79 Å². The molecule has 0 bridgehead atoms. The number of azide groups is 1. The molecule has 1 aromatic heterocycles. The van der Waals surface area contributed by atoms with E-state index in [1.54, 1.807) is 0 Å². The van der Waals surface area contributed by atoms with E-state index in [2.05, 4.69) is 15.0 Å². The molecule has 16 heavy (non-hydrogen) atoms. The highest BCUT2D eigenvalue weighted by molar-refractivity contribution is 6.01. The lowest BCUT2D eigenvalue weighted by atomic mass is 10.1. The number of benzene rings is 1. The van der Waals surface area contributed by atoms with E-state index in [9.17, 15) is 4.79 Å². The van der Waals surface area contributed by atoms with Gasteiger partial charge in [0.05, 0.1) is 5.69 Å². The van der Waals surface area contributed by atoms with Crippen LogP contribution in [0.25, 0.3) is 21.3 Å². The number of aryl methyl sites for hydroxylation is 1. The van der Waals surface area contributed by atoms with Crippen LogP contribution in [0, 0.1) is 0 Å². The lowest BCUT2D eigenvalue weighted by Crippen LogP contribution is -1.97. The fourth-order valence-electron chi connectivity index (χ4n) is 1.84. The van der Waals surface area contributed by atoms with E-state index in [-0.39, 0.29) is 0 Å². The molecular formula is C11H10N4O. The van der Waals surface area contributed by atoms with Gasteiger partial charge in [-0.15, -0.1) is 0 Å². The average Bonchev–Trinajstić information content (AvgIpc) is 2.67. The number of amides is 1. The summed E-state index contributed by atoms with van der Waals surface area (Å²) < 4.78 is 0. The minimum atomic E-state index is -0.560. The average molecular weight is 214 g/mol. The van der Waals surface area contributed by atoms with E-state index in [4.69, 9.17) is 5.53 Å². The summed E-state index contributed by atoms with van der Waals surface area (Å²) >= 11 is 0. The van der Waals surface area contributed by atoms with Crippen molar-refractivity contribution in [3.63, 3.8) is 0 Å². The van der Waals surface area contributed by atoms with Crippen molar-refractivity contribution in [1.29, 1.82) is 0 Å². The quantitative estimate of drug-likeness (QED) is 0.465. The fraction of sp³-hybridized carbons (Fsp3) is 0.182. The van der Waals surface area contributed by atoms with Gasteiger partial charge in [-0.05, 0) is 28.7 Å². The van der Waals surface area contributed by atoms with Crippen LogP contribution in [0.1, 0.15) is 23.0 Å². The second-order valence-corrected chi connectivity index (χ2v) is 3.37. The highest BCUT2D eigenvalue weighted by Gasteiger charge is 2.14. The van der Waals surface area contributed by atoms with Gasteiger partial charge in [0.2, 0.25) is 0 Å². The van der Waals surface area contributed by atoms with E-state index in [0.29, 0.717) is 12.1 Å². The van der Waals surface area contributed by atoms with Crippen molar-refractivity contribution in [1.82, 2.24) is 4.98 Å². The zero-order chi connectivity index (χ0) is 11.5. The molecule has 5 nitrogen and oxygen atoms in total. The van der Waals surface area contributed by atoms with E-state index < -0.39 is 5.91 Å². The first-order valence-electron chi connectivity index (χ1n) is 4.97. The van der Waals surface area contributed by atoms with E-state index >= 15 is 0 Å². The molecule has 2 aromatic rings. The summed E-state index contributed by atoms with van der Waals surface area (Å²) in [6.07, 6.45) is 0.714. The summed E-state index contributed by atoms with van der Waals surface area (Å²) in [7, 11) is 0. The summed E-state index contributed by atoms with van der Waals surface area (Å²) in [4.78, 5) is 17.0. The number of aromatic amines is 1. The first-order chi connectivity index (χ1) is 7.77. The third-order valence-electron chi connectivity index (χ3n) is 2.52. The van der Waals surface area contributed by atoms with Crippen LogP contribution in [-0.2, 0) is 6.42 Å². The Bertz CT molecular complexity index is 593. The Hall–Kier alpha value is -2.26. The molecule has 1 heterocycles. The standard InChI is InChI=1S/C11H10N4O/c1-2-7-8-5-3-4-6-9(8)13-10(7)11(16)14-15-12/h3-6,13H,2H2,1H3. The smallest absolute Gasteiger partial charge is 0.265 e. The maximum absolute atomic E-state index is 11.5. The number of hydrogen-bond acceptors (Lipinski definition) is 1. The van der Waals surface area contributed by atoms with Crippen LogP contribution in [-0.4, -0.2) is 10.9 Å². The number of nitrogens with one attached hydrogen (secondary N) is 1. The van der Waals surface area contributed by atoms with Gasteiger partial charge in [0, 0.05) is 15.8 Å². The maximum Gasteiger partial charge on any atom is 0.265 e. The highest BCUT2D eigenvalue weighted by Crippen LogP contribution is 2.23. The molecule has 0 aliphatic rings. The molecular weight excluding hydrogens is 204 g/mol. The molecule has 0 radical (unpaired) electrons. The Morgan fingerprint density at radius 1 is 1.50 bits per heavy atom. The lowest BCUT2D eigenvalue weighted by Gasteiger charge is -1.95. The normalized spacial score (nSPS) is 10.1. The molecule has 0 saturated heterocycles. The Morgan fingerprint density at radius 3 is 2.94 bits per heavy atom. The van der Waals surface area contributed by atoms with Gasteiger partial charge in [0.1, 0.15) is 0 Å². The van der Waals surface area contributed by atoms with Crippen molar-refractivity contribution >= 4 is 16.8 Å². The van der Waals surface area contributed by atoms with E-state index in [0.717, 1.165) is 16.5 Å². The fourth-order valence-corrected chi connectivity index (χ4v) is 1.84. The summed E-state index contributed by atoms with van der Waals surface area (Å²) in [5.41, 5.74) is 10.4. The molecule has 5 heteroatoms. The number of para-hydroxylation sites is 1. The summed E-state index contributed by atoms with van der Waals surface area (Å²) in [6, 6.07) is 7.64. The predicted octanol–water partition coefficient (Wildman–Crippen LogP) is 3.18. The van der Waals surface area contributed by atoms with E-state index in [1.807, 2.05) is 31.2 Å². The highest BCUT2D eigenvalue weighted by atomic mass is 16.1. The molecule has 0 aliphatic heterocycles. The summed E-state index contributed by atoms with van der Waals surface area (Å²) in [5, 5.41) is 4.11. The Balaban J connectivity index is 2.69. The van der Waals surface area contributed by atoms with Crippen molar-refractivity contribution in [2.45, 2.75) is 13.3 Å². The lowest BCUT2D eigenvalue weighted by molar-refractivity contribution is 0.0995. The molecule has 80 valence electrons. The third kappa shape index (κ3) is 1.53. The van der Waals surface area contributed by atoms with Gasteiger partial charge in [0.15, 0.2) is 0 Å². The van der Waals surface area contributed by atoms with E-state index in [1.165, 1.54) is 0 Å². The van der Waals surface area contributed by atoms with Gasteiger partial charge in [-0.25, -0.2) is 0 Å². The van der Waals surface area contributed by atoms with Gasteiger partial charge in [0.25, 0.3) is 5.91 Å². The molecule has 1 aromatic carbocycles.